The molecule has 1 aromatic rings. The maximum absolute atomic E-state index is 3.50. The summed E-state index contributed by atoms with van der Waals surface area (Å²) in [5.41, 5.74) is 1.22. The molecule has 0 fully saturated rings. The van der Waals surface area contributed by atoms with Crippen LogP contribution in [0.25, 0.3) is 0 Å². The predicted octanol–water partition coefficient (Wildman–Crippen LogP) is 3.61. The molecule has 1 N–H and O–H groups in total. The van der Waals surface area contributed by atoms with Gasteiger partial charge < -0.3 is 5.32 Å². The van der Waals surface area contributed by atoms with Gasteiger partial charge in [-0.1, -0.05) is 32.0 Å². The molecule has 0 radical (unpaired) electrons. The Kier molecular flexibility index (Phi) is 6.71. The zero-order valence-electron chi connectivity index (χ0n) is 11.4. The van der Waals surface area contributed by atoms with Gasteiger partial charge in [0.1, 0.15) is 0 Å². The maximum atomic E-state index is 3.50. The molecule has 2 heteroatoms. The van der Waals surface area contributed by atoms with Crippen LogP contribution in [0.5, 0.6) is 0 Å². The summed E-state index contributed by atoms with van der Waals surface area (Å²) in [4.78, 5) is 2.57. The van der Waals surface area contributed by atoms with Gasteiger partial charge in [-0.25, -0.2) is 0 Å². The summed E-state index contributed by atoms with van der Waals surface area (Å²) in [5, 5.41) is 3.50. The summed E-state index contributed by atoms with van der Waals surface area (Å²) < 4.78 is 0. The van der Waals surface area contributed by atoms with E-state index in [1.54, 1.807) is 0 Å². The van der Waals surface area contributed by atoms with Gasteiger partial charge in [0.2, 0.25) is 0 Å². The highest BCUT2D eigenvalue weighted by Crippen LogP contribution is 2.07. The van der Waals surface area contributed by atoms with Gasteiger partial charge in [0.25, 0.3) is 0 Å². The minimum atomic E-state index is 0.593. The van der Waals surface area contributed by atoms with Crippen LogP contribution < -0.4 is 5.32 Å². The average Bonchev–Trinajstić information content (AvgIpc) is 2.37. The summed E-state index contributed by atoms with van der Waals surface area (Å²) >= 11 is 0. The number of hydrogen-bond donors (Lipinski definition) is 1. The topological polar surface area (TPSA) is 15.3 Å². The third-order valence-electron chi connectivity index (χ3n) is 3.02. The Hall–Kier alpha value is -1.02. The lowest BCUT2D eigenvalue weighted by molar-refractivity contribution is 0.217. The molecule has 0 spiro atoms. The second-order valence-electron chi connectivity index (χ2n) is 4.63. The van der Waals surface area contributed by atoms with Crippen molar-refractivity contribution >= 4 is 5.69 Å². The Morgan fingerprint density at radius 3 is 2.18 bits per heavy atom. The van der Waals surface area contributed by atoms with E-state index in [4.69, 9.17) is 0 Å². The number of nitrogens with zero attached hydrogens (tertiary/aromatic N) is 1. The van der Waals surface area contributed by atoms with Crippen LogP contribution in [0, 0.1) is 0 Å². The van der Waals surface area contributed by atoms with Crippen LogP contribution in [-0.2, 0) is 0 Å². The number of para-hydroxylation sites is 1. The van der Waals surface area contributed by atoms with E-state index in [1.165, 1.54) is 31.6 Å². The lowest BCUT2D eigenvalue weighted by Crippen LogP contribution is -2.39. The number of benzene rings is 1. The van der Waals surface area contributed by atoms with Crippen molar-refractivity contribution in [2.75, 3.05) is 25.0 Å². The summed E-state index contributed by atoms with van der Waals surface area (Å²) in [7, 11) is 0. The molecule has 1 rings (SSSR count). The van der Waals surface area contributed by atoms with E-state index in [-0.39, 0.29) is 0 Å². The molecule has 0 aliphatic rings. The Balaban J connectivity index is 2.38. The highest BCUT2D eigenvalue weighted by molar-refractivity contribution is 5.42. The first-order chi connectivity index (χ1) is 8.27. The van der Waals surface area contributed by atoms with Gasteiger partial charge in [0.05, 0.1) is 0 Å². The summed E-state index contributed by atoms with van der Waals surface area (Å²) in [5.74, 6) is 0. The van der Waals surface area contributed by atoms with Crippen LogP contribution in [0.15, 0.2) is 30.3 Å². The van der Waals surface area contributed by atoms with Crippen LogP contribution in [0.3, 0.4) is 0 Å². The fraction of sp³-hybridized carbons (Fsp3) is 0.600. The fourth-order valence-electron chi connectivity index (χ4n) is 2.08. The molecule has 0 aliphatic heterocycles. The second-order valence-corrected chi connectivity index (χ2v) is 4.63. The number of nitrogens with one attached hydrogen (secondary N) is 1. The molecule has 0 heterocycles. The van der Waals surface area contributed by atoms with Gasteiger partial charge in [0, 0.05) is 18.3 Å². The molecule has 0 saturated heterocycles. The van der Waals surface area contributed by atoms with Crippen molar-refractivity contribution in [2.24, 2.45) is 0 Å². The summed E-state index contributed by atoms with van der Waals surface area (Å²) in [6, 6.07) is 11.0. The minimum Gasteiger partial charge on any atom is -0.383 e. The zero-order valence-corrected chi connectivity index (χ0v) is 11.4. The van der Waals surface area contributed by atoms with E-state index in [1.807, 2.05) is 0 Å². The van der Waals surface area contributed by atoms with Crippen LogP contribution in [0.1, 0.15) is 33.6 Å². The molecule has 1 atom stereocenters. The molecule has 1 unspecified atom stereocenters. The van der Waals surface area contributed by atoms with Crippen molar-refractivity contribution < 1.29 is 0 Å². The average molecular weight is 234 g/mol. The highest BCUT2D eigenvalue weighted by Gasteiger charge is 2.11. The standard InChI is InChI=1S/C15H26N2/c1-4-11-17(12-5-2)14(3)13-16-15-9-7-6-8-10-15/h6-10,14,16H,4-5,11-13H2,1-3H3. The van der Waals surface area contributed by atoms with Gasteiger partial charge in [-0.05, 0) is 45.0 Å². The Morgan fingerprint density at radius 1 is 1.06 bits per heavy atom. The third-order valence-corrected chi connectivity index (χ3v) is 3.02. The van der Waals surface area contributed by atoms with Crippen LogP contribution >= 0.6 is 0 Å². The first kappa shape index (κ1) is 14.0. The smallest absolute Gasteiger partial charge is 0.0340 e. The lowest BCUT2D eigenvalue weighted by Gasteiger charge is -2.28. The largest absolute Gasteiger partial charge is 0.383 e. The number of rotatable bonds is 8. The molecule has 0 aliphatic carbocycles. The highest BCUT2D eigenvalue weighted by atomic mass is 15.2. The van der Waals surface area contributed by atoms with Crippen molar-refractivity contribution in [1.82, 2.24) is 4.90 Å². The van der Waals surface area contributed by atoms with Crippen LogP contribution in [0.4, 0.5) is 5.69 Å². The normalized spacial score (nSPS) is 12.7. The zero-order chi connectivity index (χ0) is 12.5. The quantitative estimate of drug-likeness (QED) is 0.739. The Bertz CT molecular complexity index is 278. The van der Waals surface area contributed by atoms with Gasteiger partial charge in [-0.3, -0.25) is 4.90 Å². The first-order valence-corrected chi connectivity index (χ1v) is 6.80. The van der Waals surface area contributed by atoms with E-state index in [2.05, 4.69) is 61.3 Å². The molecule has 0 saturated carbocycles. The van der Waals surface area contributed by atoms with Crippen molar-refractivity contribution in [3.05, 3.63) is 30.3 Å². The Labute approximate surface area is 106 Å². The minimum absolute atomic E-state index is 0.593. The molecule has 0 aromatic heterocycles. The predicted molar refractivity (Wildman–Crippen MR) is 76.5 cm³/mol. The van der Waals surface area contributed by atoms with E-state index < -0.39 is 0 Å². The van der Waals surface area contributed by atoms with Crippen LogP contribution in [-0.4, -0.2) is 30.6 Å². The molecule has 0 bridgehead atoms. The number of anilines is 1. The van der Waals surface area contributed by atoms with Crippen molar-refractivity contribution in [2.45, 2.75) is 39.7 Å². The molecule has 17 heavy (non-hydrogen) atoms. The van der Waals surface area contributed by atoms with E-state index in [0.717, 1.165) is 6.54 Å². The molecule has 0 amide bonds. The maximum Gasteiger partial charge on any atom is 0.0340 e. The van der Waals surface area contributed by atoms with E-state index in [0.29, 0.717) is 6.04 Å². The second kappa shape index (κ2) is 8.13. The third kappa shape index (κ3) is 5.22. The first-order valence-electron chi connectivity index (χ1n) is 6.80. The van der Waals surface area contributed by atoms with Gasteiger partial charge >= 0.3 is 0 Å². The molecule has 96 valence electrons. The van der Waals surface area contributed by atoms with Crippen molar-refractivity contribution in [3.63, 3.8) is 0 Å². The Morgan fingerprint density at radius 2 is 1.65 bits per heavy atom. The number of hydrogen-bond acceptors (Lipinski definition) is 2. The molecule has 2 nitrogen and oxygen atoms in total. The molecule has 1 aromatic carbocycles. The monoisotopic (exact) mass is 234 g/mol. The van der Waals surface area contributed by atoms with Gasteiger partial charge in [0.15, 0.2) is 0 Å². The lowest BCUT2D eigenvalue weighted by atomic mass is 10.2. The summed E-state index contributed by atoms with van der Waals surface area (Å²) in [6.45, 7) is 10.2. The SMILES string of the molecule is CCCN(CCC)C(C)CNc1ccccc1. The van der Waals surface area contributed by atoms with E-state index in [9.17, 15) is 0 Å². The van der Waals surface area contributed by atoms with Gasteiger partial charge in [-0.15, -0.1) is 0 Å². The molecular weight excluding hydrogens is 208 g/mol. The molecular formula is C15H26N2. The van der Waals surface area contributed by atoms with E-state index >= 15 is 0 Å². The fourth-order valence-corrected chi connectivity index (χ4v) is 2.08. The van der Waals surface area contributed by atoms with Crippen LogP contribution in [0.2, 0.25) is 0 Å². The van der Waals surface area contributed by atoms with Crippen molar-refractivity contribution in [3.8, 4) is 0 Å². The van der Waals surface area contributed by atoms with Crippen molar-refractivity contribution in [1.29, 1.82) is 0 Å². The summed E-state index contributed by atoms with van der Waals surface area (Å²) in [6.07, 6.45) is 2.46. The van der Waals surface area contributed by atoms with Gasteiger partial charge in [-0.2, -0.15) is 0 Å².